The number of aromatic hydroxyl groups is 1. The number of methoxy groups -OCH3 is 1. The van der Waals surface area contributed by atoms with Crippen LogP contribution in [0, 0.1) is 3.57 Å². The molecule has 1 heterocycles. The number of hydrogen-bond donors (Lipinski definition) is 1. The van der Waals surface area contributed by atoms with Crippen molar-refractivity contribution in [3.8, 4) is 17.2 Å². The van der Waals surface area contributed by atoms with Crippen LogP contribution in [0.25, 0.3) is 5.69 Å². The molecule has 0 bridgehead atoms. The largest absolute Gasteiger partial charge is 0.504 e. The smallest absolute Gasteiger partial charge is 0.171 e. The van der Waals surface area contributed by atoms with Crippen LogP contribution in [0.4, 0.5) is 5.69 Å². The quantitative estimate of drug-likeness (QED) is 0.476. The summed E-state index contributed by atoms with van der Waals surface area (Å²) in [5, 5.41) is 18.3. The van der Waals surface area contributed by atoms with Gasteiger partial charge in [0.05, 0.1) is 29.2 Å². The van der Waals surface area contributed by atoms with Gasteiger partial charge in [-0.1, -0.05) is 0 Å². The molecule has 0 amide bonds. The van der Waals surface area contributed by atoms with E-state index in [0.717, 1.165) is 20.5 Å². The number of azo groups is 1. The Labute approximate surface area is 153 Å². The lowest BCUT2D eigenvalue weighted by molar-refractivity contribution is 0.371. The first kappa shape index (κ1) is 16.4. The van der Waals surface area contributed by atoms with E-state index in [1.54, 1.807) is 18.6 Å². The first-order valence-corrected chi connectivity index (χ1v) is 8.26. The lowest BCUT2D eigenvalue weighted by Crippen LogP contribution is -1.90. The third kappa shape index (κ3) is 3.73. The minimum Gasteiger partial charge on any atom is -0.504 e. The summed E-state index contributed by atoms with van der Waals surface area (Å²) in [4.78, 5) is 4.02. The molecule has 0 saturated carbocycles. The Morgan fingerprint density at radius 2 is 2.04 bits per heavy atom. The van der Waals surface area contributed by atoms with Gasteiger partial charge in [0, 0.05) is 18.1 Å². The van der Waals surface area contributed by atoms with Crippen molar-refractivity contribution in [2.45, 2.75) is 6.54 Å². The number of rotatable bonds is 5. The van der Waals surface area contributed by atoms with Crippen molar-refractivity contribution < 1.29 is 9.84 Å². The van der Waals surface area contributed by atoms with Crippen LogP contribution in [0.15, 0.2) is 65.3 Å². The van der Waals surface area contributed by atoms with Crippen LogP contribution in [0.1, 0.15) is 5.56 Å². The molecule has 0 aliphatic heterocycles. The monoisotopic (exact) mass is 434 g/mol. The summed E-state index contributed by atoms with van der Waals surface area (Å²) in [6.07, 6.45) is 5.37. The number of imidazole rings is 1. The Balaban J connectivity index is 1.69. The van der Waals surface area contributed by atoms with E-state index in [4.69, 9.17) is 4.74 Å². The molecule has 0 spiro atoms. The summed E-state index contributed by atoms with van der Waals surface area (Å²) < 4.78 is 7.79. The fourth-order valence-electron chi connectivity index (χ4n) is 2.18. The standard InChI is InChI=1S/C17H15IN4O2/c1-24-16-9-12(8-15(18)17(16)23)10-20-21-13-2-4-14(5-3-13)22-7-6-19-11-22/h2-9,11,23H,10H2,1H3. The zero-order valence-electron chi connectivity index (χ0n) is 12.9. The van der Waals surface area contributed by atoms with Gasteiger partial charge in [0.2, 0.25) is 0 Å². The van der Waals surface area contributed by atoms with Gasteiger partial charge >= 0.3 is 0 Å². The van der Waals surface area contributed by atoms with Gasteiger partial charge in [0.25, 0.3) is 0 Å². The number of halogens is 1. The Morgan fingerprint density at radius 3 is 2.71 bits per heavy atom. The molecule has 0 aliphatic rings. The second-order valence-corrected chi connectivity index (χ2v) is 6.18. The molecule has 0 aliphatic carbocycles. The fraction of sp³-hybridized carbons (Fsp3) is 0.118. The maximum Gasteiger partial charge on any atom is 0.171 e. The van der Waals surface area contributed by atoms with E-state index in [-0.39, 0.29) is 5.75 Å². The van der Waals surface area contributed by atoms with Crippen LogP contribution < -0.4 is 4.74 Å². The molecule has 0 fully saturated rings. The highest BCUT2D eigenvalue weighted by molar-refractivity contribution is 14.1. The number of aromatic nitrogens is 2. The van der Waals surface area contributed by atoms with Crippen molar-refractivity contribution >= 4 is 28.3 Å². The Bertz CT molecular complexity index is 846. The van der Waals surface area contributed by atoms with Crippen LogP contribution in [-0.2, 0) is 6.54 Å². The van der Waals surface area contributed by atoms with Crippen LogP contribution in [-0.4, -0.2) is 21.8 Å². The number of ether oxygens (including phenoxy) is 1. The number of phenols is 1. The highest BCUT2D eigenvalue weighted by Gasteiger charge is 2.08. The number of phenolic OH excluding ortho intramolecular Hbond substituents is 1. The number of nitrogens with zero attached hydrogens (tertiary/aromatic N) is 4. The van der Waals surface area contributed by atoms with E-state index in [9.17, 15) is 5.11 Å². The Kier molecular flexibility index (Phi) is 5.09. The van der Waals surface area contributed by atoms with E-state index < -0.39 is 0 Å². The molecule has 1 aromatic heterocycles. The summed E-state index contributed by atoms with van der Waals surface area (Å²) in [6, 6.07) is 11.4. The van der Waals surface area contributed by atoms with Gasteiger partial charge in [-0.25, -0.2) is 4.98 Å². The summed E-state index contributed by atoms with van der Waals surface area (Å²) in [5.41, 5.74) is 2.72. The van der Waals surface area contributed by atoms with Crippen LogP contribution >= 0.6 is 22.6 Å². The van der Waals surface area contributed by atoms with Gasteiger partial charge in [0.1, 0.15) is 0 Å². The molecular weight excluding hydrogens is 419 g/mol. The molecule has 7 heteroatoms. The van der Waals surface area contributed by atoms with Gasteiger partial charge in [0.15, 0.2) is 11.5 Å². The molecule has 6 nitrogen and oxygen atoms in total. The predicted octanol–water partition coefficient (Wildman–Crippen LogP) is 4.48. The van der Waals surface area contributed by atoms with E-state index in [1.807, 2.05) is 41.1 Å². The Morgan fingerprint density at radius 1 is 1.25 bits per heavy atom. The summed E-state index contributed by atoms with van der Waals surface area (Å²) in [7, 11) is 1.53. The minimum atomic E-state index is 0.147. The lowest BCUT2D eigenvalue weighted by atomic mass is 10.2. The normalized spacial score (nSPS) is 11.1. The molecule has 3 rings (SSSR count). The van der Waals surface area contributed by atoms with Crippen molar-refractivity contribution in [3.63, 3.8) is 0 Å². The van der Waals surface area contributed by atoms with Gasteiger partial charge in [-0.2, -0.15) is 10.2 Å². The van der Waals surface area contributed by atoms with Crippen molar-refractivity contribution in [2.75, 3.05) is 7.11 Å². The first-order valence-electron chi connectivity index (χ1n) is 7.18. The maximum atomic E-state index is 9.84. The highest BCUT2D eigenvalue weighted by Crippen LogP contribution is 2.32. The van der Waals surface area contributed by atoms with E-state index in [0.29, 0.717) is 12.3 Å². The molecule has 1 N–H and O–H groups in total. The highest BCUT2D eigenvalue weighted by atomic mass is 127. The van der Waals surface area contributed by atoms with Gasteiger partial charge in [-0.15, -0.1) is 0 Å². The third-order valence-electron chi connectivity index (χ3n) is 3.40. The minimum absolute atomic E-state index is 0.147. The topological polar surface area (TPSA) is 72.0 Å². The third-order valence-corrected chi connectivity index (χ3v) is 4.22. The summed E-state index contributed by atoms with van der Waals surface area (Å²) in [5.74, 6) is 0.589. The maximum absolute atomic E-state index is 9.84. The van der Waals surface area contributed by atoms with Gasteiger partial charge < -0.3 is 14.4 Å². The average molecular weight is 434 g/mol. The fourth-order valence-corrected chi connectivity index (χ4v) is 2.84. The predicted molar refractivity (Wildman–Crippen MR) is 99.2 cm³/mol. The zero-order valence-corrected chi connectivity index (χ0v) is 15.1. The molecule has 2 aromatic carbocycles. The number of hydrogen-bond acceptors (Lipinski definition) is 5. The molecule has 0 unspecified atom stereocenters. The zero-order chi connectivity index (χ0) is 16.9. The van der Waals surface area contributed by atoms with E-state index in [2.05, 4.69) is 37.8 Å². The van der Waals surface area contributed by atoms with Crippen LogP contribution in [0.2, 0.25) is 0 Å². The molecule has 122 valence electrons. The Hall–Kier alpha value is -2.42. The number of benzene rings is 2. The van der Waals surface area contributed by atoms with Crippen molar-refractivity contribution in [1.82, 2.24) is 9.55 Å². The van der Waals surface area contributed by atoms with Gasteiger partial charge in [-0.3, -0.25) is 0 Å². The van der Waals surface area contributed by atoms with Crippen molar-refractivity contribution in [2.24, 2.45) is 10.2 Å². The average Bonchev–Trinajstić information content (AvgIpc) is 3.13. The second-order valence-electron chi connectivity index (χ2n) is 5.01. The first-order chi connectivity index (χ1) is 11.7. The molecule has 0 radical (unpaired) electrons. The summed E-state index contributed by atoms with van der Waals surface area (Å²) in [6.45, 7) is 0.413. The van der Waals surface area contributed by atoms with E-state index >= 15 is 0 Å². The van der Waals surface area contributed by atoms with E-state index in [1.165, 1.54) is 7.11 Å². The van der Waals surface area contributed by atoms with Crippen molar-refractivity contribution in [3.05, 3.63) is 64.3 Å². The van der Waals surface area contributed by atoms with Crippen LogP contribution in [0.5, 0.6) is 11.5 Å². The molecular formula is C17H15IN4O2. The second kappa shape index (κ2) is 7.43. The molecule has 0 atom stereocenters. The molecule has 0 saturated heterocycles. The molecule has 3 aromatic rings. The molecule has 24 heavy (non-hydrogen) atoms. The summed E-state index contributed by atoms with van der Waals surface area (Å²) >= 11 is 2.06. The lowest BCUT2D eigenvalue weighted by Gasteiger charge is -2.07. The van der Waals surface area contributed by atoms with Crippen molar-refractivity contribution in [1.29, 1.82) is 0 Å². The SMILES string of the molecule is COc1cc(CN=Nc2ccc(-n3ccnc3)cc2)cc(I)c1O. The van der Waals surface area contributed by atoms with Crippen LogP contribution in [0.3, 0.4) is 0 Å². The van der Waals surface area contributed by atoms with Gasteiger partial charge in [-0.05, 0) is 64.6 Å².